The molecule has 0 bridgehead atoms. The lowest BCUT2D eigenvalue weighted by Gasteiger charge is -2.02. The van der Waals surface area contributed by atoms with Gasteiger partial charge in [-0.05, 0) is 24.6 Å². The normalized spacial score (nSPS) is 10.8. The van der Waals surface area contributed by atoms with Crippen LogP contribution in [-0.2, 0) is 0 Å². The van der Waals surface area contributed by atoms with Gasteiger partial charge in [0.05, 0.1) is 16.9 Å². The number of rotatable bonds is 2. The summed E-state index contributed by atoms with van der Waals surface area (Å²) in [5.74, 6) is -0.448. The second-order valence-corrected chi connectivity index (χ2v) is 5.05. The molecule has 0 radical (unpaired) electrons. The number of hydrogen-bond donors (Lipinski definition) is 0. The van der Waals surface area contributed by atoms with E-state index in [-0.39, 0.29) is 5.02 Å². The molecule has 3 rings (SSSR count). The van der Waals surface area contributed by atoms with Gasteiger partial charge in [-0.15, -0.1) is 0 Å². The Bertz CT molecular complexity index is 747. The topological polar surface area (TPSA) is 17.8 Å². The summed E-state index contributed by atoms with van der Waals surface area (Å²) < 4.78 is 15.1. The smallest absolute Gasteiger partial charge is 0.143 e. The van der Waals surface area contributed by atoms with E-state index in [1.54, 1.807) is 16.9 Å². The van der Waals surface area contributed by atoms with Crippen molar-refractivity contribution in [2.24, 2.45) is 0 Å². The molecule has 0 N–H and O–H groups in total. The highest BCUT2D eigenvalue weighted by Crippen LogP contribution is 2.22. The van der Waals surface area contributed by atoms with Crippen molar-refractivity contribution in [3.05, 3.63) is 71.3 Å². The molecule has 0 amide bonds. The largest absolute Gasteiger partial charge is 0.240 e. The standard InChI is InChI=1S/C16H12ClFN2/c1-11-2-4-12(5-3-11)13-9-19-20(10-13)14-6-7-15(17)16(18)8-14/h2-10H,1H3. The molecule has 2 aromatic carbocycles. The molecular formula is C16H12ClFN2. The van der Waals surface area contributed by atoms with Gasteiger partial charge in [-0.3, -0.25) is 0 Å². The Kier molecular flexibility index (Phi) is 3.28. The van der Waals surface area contributed by atoms with Crippen LogP contribution in [-0.4, -0.2) is 9.78 Å². The molecule has 3 aromatic rings. The highest BCUT2D eigenvalue weighted by molar-refractivity contribution is 6.30. The predicted octanol–water partition coefficient (Wildman–Crippen LogP) is 4.64. The van der Waals surface area contributed by atoms with Crippen LogP contribution in [0.1, 0.15) is 5.56 Å². The molecule has 0 spiro atoms. The van der Waals surface area contributed by atoms with E-state index in [1.807, 2.05) is 25.3 Å². The van der Waals surface area contributed by atoms with E-state index in [1.165, 1.54) is 17.7 Å². The minimum atomic E-state index is -0.448. The van der Waals surface area contributed by atoms with Crippen molar-refractivity contribution < 1.29 is 4.39 Å². The van der Waals surface area contributed by atoms with Gasteiger partial charge in [0.25, 0.3) is 0 Å². The fourth-order valence-corrected chi connectivity index (χ4v) is 2.10. The van der Waals surface area contributed by atoms with Crippen molar-refractivity contribution in [1.82, 2.24) is 9.78 Å². The van der Waals surface area contributed by atoms with E-state index >= 15 is 0 Å². The van der Waals surface area contributed by atoms with Crippen molar-refractivity contribution in [3.8, 4) is 16.8 Å². The van der Waals surface area contributed by atoms with Crippen LogP contribution in [0.25, 0.3) is 16.8 Å². The van der Waals surface area contributed by atoms with Crippen LogP contribution in [0.5, 0.6) is 0 Å². The van der Waals surface area contributed by atoms with E-state index in [0.29, 0.717) is 5.69 Å². The van der Waals surface area contributed by atoms with Crippen LogP contribution < -0.4 is 0 Å². The Labute approximate surface area is 121 Å². The highest BCUT2D eigenvalue weighted by Gasteiger charge is 2.06. The number of halogens is 2. The summed E-state index contributed by atoms with van der Waals surface area (Å²) in [7, 11) is 0. The second-order valence-electron chi connectivity index (χ2n) is 4.64. The van der Waals surface area contributed by atoms with Crippen LogP contribution in [0, 0.1) is 12.7 Å². The minimum Gasteiger partial charge on any atom is -0.240 e. The predicted molar refractivity (Wildman–Crippen MR) is 78.7 cm³/mol. The maximum atomic E-state index is 13.5. The quantitative estimate of drug-likeness (QED) is 0.671. The van der Waals surface area contributed by atoms with Gasteiger partial charge >= 0.3 is 0 Å². The van der Waals surface area contributed by atoms with Gasteiger partial charge in [-0.25, -0.2) is 9.07 Å². The average Bonchev–Trinajstić information content (AvgIpc) is 2.92. The second kappa shape index (κ2) is 5.10. The lowest BCUT2D eigenvalue weighted by Crippen LogP contribution is -1.94. The molecule has 1 aromatic heterocycles. The summed E-state index contributed by atoms with van der Waals surface area (Å²) in [5, 5.41) is 4.37. The maximum Gasteiger partial charge on any atom is 0.143 e. The van der Waals surface area contributed by atoms with Crippen molar-refractivity contribution in [1.29, 1.82) is 0 Å². The molecule has 0 saturated carbocycles. The molecule has 0 aliphatic heterocycles. The number of nitrogens with zero attached hydrogens (tertiary/aromatic N) is 2. The highest BCUT2D eigenvalue weighted by atomic mass is 35.5. The first-order valence-corrected chi connectivity index (χ1v) is 6.58. The fourth-order valence-electron chi connectivity index (χ4n) is 1.99. The third-order valence-corrected chi connectivity index (χ3v) is 3.44. The molecule has 0 atom stereocenters. The Morgan fingerprint density at radius 3 is 2.50 bits per heavy atom. The molecule has 0 unspecified atom stereocenters. The third-order valence-electron chi connectivity index (χ3n) is 3.14. The number of aromatic nitrogens is 2. The van der Waals surface area contributed by atoms with Crippen molar-refractivity contribution in [2.45, 2.75) is 6.92 Å². The Balaban J connectivity index is 1.97. The van der Waals surface area contributed by atoms with Gasteiger partial charge < -0.3 is 0 Å². The molecule has 0 aliphatic rings. The Morgan fingerprint density at radius 2 is 1.80 bits per heavy atom. The van der Waals surface area contributed by atoms with Crippen LogP contribution >= 0.6 is 11.6 Å². The SMILES string of the molecule is Cc1ccc(-c2cnn(-c3ccc(Cl)c(F)c3)c2)cc1. The summed E-state index contributed by atoms with van der Waals surface area (Å²) in [4.78, 5) is 0. The van der Waals surface area contributed by atoms with Gasteiger partial charge in [0.2, 0.25) is 0 Å². The van der Waals surface area contributed by atoms with Crippen molar-refractivity contribution in [2.75, 3.05) is 0 Å². The van der Waals surface area contributed by atoms with E-state index in [4.69, 9.17) is 11.6 Å². The van der Waals surface area contributed by atoms with E-state index < -0.39 is 5.82 Å². The fraction of sp³-hybridized carbons (Fsp3) is 0.0625. The van der Waals surface area contributed by atoms with Gasteiger partial charge in [-0.2, -0.15) is 5.10 Å². The van der Waals surface area contributed by atoms with E-state index in [9.17, 15) is 4.39 Å². The maximum absolute atomic E-state index is 13.5. The third kappa shape index (κ3) is 2.45. The lowest BCUT2D eigenvalue weighted by molar-refractivity contribution is 0.626. The number of benzene rings is 2. The Morgan fingerprint density at radius 1 is 1.05 bits per heavy atom. The van der Waals surface area contributed by atoms with Crippen LogP contribution in [0.15, 0.2) is 54.9 Å². The van der Waals surface area contributed by atoms with Crippen LogP contribution in [0.4, 0.5) is 4.39 Å². The first kappa shape index (κ1) is 12.9. The van der Waals surface area contributed by atoms with Crippen LogP contribution in [0.3, 0.4) is 0 Å². The minimum absolute atomic E-state index is 0.111. The summed E-state index contributed by atoms with van der Waals surface area (Å²) in [6.07, 6.45) is 3.63. The molecule has 0 saturated heterocycles. The summed E-state index contributed by atoms with van der Waals surface area (Å²) in [6, 6.07) is 12.8. The molecule has 20 heavy (non-hydrogen) atoms. The molecule has 0 fully saturated rings. The number of hydrogen-bond acceptors (Lipinski definition) is 1. The summed E-state index contributed by atoms with van der Waals surface area (Å²) in [6.45, 7) is 2.05. The van der Waals surface area contributed by atoms with Crippen molar-refractivity contribution >= 4 is 11.6 Å². The zero-order chi connectivity index (χ0) is 14.1. The zero-order valence-electron chi connectivity index (χ0n) is 10.8. The molecular weight excluding hydrogens is 275 g/mol. The van der Waals surface area contributed by atoms with Crippen LogP contribution in [0.2, 0.25) is 5.02 Å². The zero-order valence-corrected chi connectivity index (χ0v) is 11.6. The monoisotopic (exact) mass is 286 g/mol. The Hall–Kier alpha value is -2.13. The van der Waals surface area contributed by atoms with Gasteiger partial charge in [0.15, 0.2) is 0 Å². The van der Waals surface area contributed by atoms with E-state index in [2.05, 4.69) is 17.2 Å². The van der Waals surface area contributed by atoms with Crippen molar-refractivity contribution in [3.63, 3.8) is 0 Å². The number of aryl methyl sites for hydroxylation is 1. The van der Waals surface area contributed by atoms with Gasteiger partial charge in [0.1, 0.15) is 5.82 Å². The van der Waals surface area contributed by atoms with Gasteiger partial charge in [0, 0.05) is 17.8 Å². The summed E-state index contributed by atoms with van der Waals surface area (Å²) in [5.41, 5.74) is 3.92. The lowest BCUT2D eigenvalue weighted by atomic mass is 10.1. The molecule has 4 heteroatoms. The summed E-state index contributed by atoms with van der Waals surface area (Å²) >= 11 is 5.68. The molecule has 1 heterocycles. The van der Waals surface area contributed by atoms with E-state index in [0.717, 1.165) is 11.1 Å². The first-order chi connectivity index (χ1) is 9.63. The molecule has 0 aliphatic carbocycles. The average molecular weight is 287 g/mol. The molecule has 100 valence electrons. The molecule has 2 nitrogen and oxygen atoms in total. The van der Waals surface area contributed by atoms with Gasteiger partial charge in [-0.1, -0.05) is 41.4 Å². The first-order valence-electron chi connectivity index (χ1n) is 6.20.